The Bertz CT molecular complexity index is 46.0. The lowest BCUT2D eigenvalue weighted by atomic mass is 13.9. The molecule has 2 nitrogen and oxygen atoms in total. The number of hydrogen-bond donors (Lipinski definition) is 0. The molecule has 0 aliphatic heterocycles. The molecule has 4 heavy (non-hydrogen) atoms. The third-order valence-corrected chi connectivity index (χ3v) is 0.278. The van der Waals surface area contributed by atoms with Crippen LogP contribution in [0.1, 0.15) is 0 Å². The van der Waals surface area contributed by atoms with Crippen LogP contribution in [0.25, 0.3) is 0 Å². The summed E-state index contributed by atoms with van der Waals surface area (Å²) in [6.07, 6.45) is 0. The van der Waals surface area contributed by atoms with E-state index in [0.29, 0.717) is 0 Å². The molecule has 0 radical (unpaired) electrons. The number of thiol groups is 1. The van der Waals surface area contributed by atoms with Crippen molar-refractivity contribution < 1.29 is 4.21 Å². The fraction of sp³-hybridized carbons (Fsp3) is 0. The summed E-state index contributed by atoms with van der Waals surface area (Å²) < 4.78 is 11.6. The summed E-state index contributed by atoms with van der Waals surface area (Å²) in [6.45, 7) is 0. The molecule has 0 unspecified atom stereocenters. The van der Waals surface area contributed by atoms with Crippen molar-refractivity contribution in [3.05, 3.63) is 0 Å². The zero-order valence-electron chi connectivity index (χ0n) is 1.68. The van der Waals surface area contributed by atoms with Crippen LogP contribution in [-0.2, 0) is 15.7 Å². The summed E-state index contributed by atoms with van der Waals surface area (Å²) in [5, 5.41) is 0. The Labute approximate surface area is 32.1 Å². The highest BCUT2D eigenvalue weighted by atomic mass is 35.5. The average Bonchev–Trinajstić information content (AvgIpc) is 1.37. The van der Waals surface area contributed by atoms with Gasteiger partial charge < -0.3 is 8.09 Å². The number of nitrogens with zero attached hydrogens (tertiary/aromatic N) is 1. The van der Waals surface area contributed by atoms with Crippen molar-refractivity contribution in [2.24, 2.45) is 3.88 Å². The van der Waals surface area contributed by atoms with Gasteiger partial charge in [-0.15, -0.1) is 0 Å². The van der Waals surface area contributed by atoms with E-state index in [9.17, 15) is 0 Å². The summed E-state index contributed by atoms with van der Waals surface area (Å²) in [7, 11) is 0. The molecular formula is HClNOS-. The second-order valence-electron chi connectivity index (χ2n) is 0.157. The smallest absolute Gasteiger partial charge is 0.00857 e. The normalized spacial score (nSPS) is 6.25. The topological polar surface area (TPSA) is 29.4 Å². The zero-order chi connectivity index (χ0) is 3.41. The van der Waals surface area contributed by atoms with Crippen LogP contribution in [-0.4, -0.2) is 0 Å². The Balaban J connectivity index is 3.11. The van der Waals surface area contributed by atoms with Crippen LogP contribution >= 0.6 is 11.8 Å². The molecule has 0 aromatic heterocycles. The Morgan fingerprint density at radius 2 is 2.25 bits per heavy atom. The van der Waals surface area contributed by atoms with Gasteiger partial charge in [-0.1, -0.05) is 0 Å². The first-order valence-corrected chi connectivity index (χ1v) is 1.65. The highest BCUT2D eigenvalue weighted by Gasteiger charge is 1.12. The molecule has 0 aromatic carbocycles. The van der Waals surface area contributed by atoms with Crippen LogP contribution in [0.3, 0.4) is 0 Å². The number of halogens is 1. The molecule has 4 heteroatoms. The van der Waals surface area contributed by atoms with E-state index in [4.69, 9.17) is 4.21 Å². The molecule has 0 heterocycles. The van der Waals surface area contributed by atoms with Crippen LogP contribution < -0.4 is 0 Å². The van der Waals surface area contributed by atoms with Crippen molar-refractivity contribution >= 4 is 23.2 Å². The van der Waals surface area contributed by atoms with E-state index in [-0.39, 0.29) is 11.5 Å². The maximum atomic E-state index is 8.97. The maximum Gasteiger partial charge on any atom is 0.00857 e. The van der Waals surface area contributed by atoms with Gasteiger partial charge in [-0.05, 0) is 0 Å². The SMILES string of the molecule is O=[SH-]=NCl. The van der Waals surface area contributed by atoms with Crippen LogP contribution in [0.15, 0.2) is 3.88 Å². The molecule has 0 saturated carbocycles. The standard InChI is InChI=1S/ClHNOS/c1-2-4-3/h4H/q-1. The van der Waals surface area contributed by atoms with Gasteiger partial charge >= 0.3 is 0 Å². The minimum absolute atomic E-state index is 0.361. The lowest BCUT2D eigenvalue weighted by molar-refractivity contribution is 0.609. The van der Waals surface area contributed by atoms with Gasteiger partial charge in [0.05, 0.1) is 0 Å². The molecular weight excluding hydrogens is 97.5 g/mol. The highest BCUT2D eigenvalue weighted by molar-refractivity contribution is 7.55. The third-order valence-electron chi connectivity index (χ3n) is 0.0309. The number of hydrogen-bond acceptors (Lipinski definition) is 3. The van der Waals surface area contributed by atoms with Crippen LogP contribution in [0.2, 0.25) is 0 Å². The maximum absolute atomic E-state index is 8.97. The predicted molar refractivity (Wildman–Crippen MR) is 17.7 cm³/mol. The second-order valence-corrected chi connectivity index (χ2v) is 0.925. The van der Waals surface area contributed by atoms with E-state index in [2.05, 4.69) is 15.7 Å². The molecule has 0 aromatic rings. The van der Waals surface area contributed by atoms with Gasteiger partial charge in [-0.3, -0.25) is 0 Å². The van der Waals surface area contributed by atoms with E-state index in [1.165, 1.54) is 0 Å². The Kier molecular flexibility index (Phi) is 3.43. The van der Waals surface area contributed by atoms with Crippen molar-refractivity contribution in [2.75, 3.05) is 0 Å². The Hall–Kier alpha value is 0.240. The lowest BCUT2D eigenvalue weighted by Crippen LogP contribution is -1.14. The monoisotopic (exact) mass is 97.9 g/mol. The predicted octanol–water partition coefficient (Wildman–Crippen LogP) is 0.484. The molecule has 26 valence electrons. The van der Waals surface area contributed by atoms with E-state index in [1.807, 2.05) is 0 Å². The molecule has 0 aliphatic carbocycles. The van der Waals surface area contributed by atoms with Gasteiger partial charge in [-0.2, -0.15) is 11.5 Å². The van der Waals surface area contributed by atoms with E-state index in [0.717, 1.165) is 0 Å². The molecule has 0 atom stereocenters. The Morgan fingerprint density at radius 3 is 2.25 bits per heavy atom. The third kappa shape index (κ3) is 2.24. The highest BCUT2D eigenvalue weighted by Crippen LogP contribution is 1.63. The van der Waals surface area contributed by atoms with Crippen LogP contribution in [0, 0.1) is 0 Å². The first-order chi connectivity index (χ1) is 1.91. The van der Waals surface area contributed by atoms with Crippen molar-refractivity contribution in [1.82, 2.24) is 0 Å². The molecule has 0 spiro atoms. The molecule has 0 aliphatic rings. The van der Waals surface area contributed by atoms with Crippen LogP contribution in [0.5, 0.6) is 0 Å². The fourth-order valence-corrected chi connectivity index (χ4v) is 0. The van der Waals surface area contributed by atoms with Gasteiger partial charge in [-0.25, -0.2) is 0 Å². The summed E-state index contributed by atoms with van der Waals surface area (Å²) in [5.74, 6) is 0. The molecule has 0 fully saturated rings. The van der Waals surface area contributed by atoms with E-state index >= 15 is 0 Å². The van der Waals surface area contributed by atoms with Crippen molar-refractivity contribution in [3.63, 3.8) is 0 Å². The Morgan fingerprint density at radius 1 is 2.00 bits per heavy atom. The summed E-state index contributed by atoms with van der Waals surface area (Å²) in [6, 6.07) is 0. The van der Waals surface area contributed by atoms with Gasteiger partial charge in [0.1, 0.15) is 0 Å². The minimum atomic E-state index is -0.361. The first kappa shape index (κ1) is 4.24. The quantitative estimate of drug-likeness (QED) is 0.320. The van der Waals surface area contributed by atoms with Gasteiger partial charge in [0, 0.05) is 11.8 Å². The molecule has 0 rings (SSSR count). The molecule has 0 amide bonds. The van der Waals surface area contributed by atoms with Crippen molar-refractivity contribution in [3.8, 4) is 0 Å². The summed E-state index contributed by atoms with van der Waals surface area (Å²) in [4.78, 5) is 0. The van der Waals surface area contributed by atoms with Crippen molar-refractivity contribution in [2.45, 2.75) is 0 Å². The van der Waals surface area contributed by atoms with E-state index in [1.54, 1.807) is 0 Å². The minimum Gasteiger partial charge on any atom is -0.446 e. The zero-order valence-corrected chi connectivity index (χ0v) is 3.33. The van der Waals surface area contributed by atoms with Gasteiger partial charge in [0.2, 0.25) is 0 Å². The average molecular weight is 98.5 g/mol. The fourth-order valence-electron chi connectivity index (χ4n) is 0. The second kappa shape index (κ2) is 3.24. The molecule has 0 saturated heterocycles. The van der Waals surface area contributed by atoms with E-state index < -0.39 is 0 Å². The summed E-state index contributed by atoms with van der Waals surface area (Å²) >= 11 is 4.12. The number of rotatable bonds is 0. The van der Waals surface area contributed by atoms with Gasteiger partial charge in [0.15, 0.2) is 0 Å². The van der Waals surface area contributed by atoms with Crippen molar-refractivity contribution in [1.29, 1.82) is 0 Å². The largest absolute Gasteiger partial charge is 0.446 e. The molecule has 0 N–H and O–H groups in total. The first-order valence-electron chi connectivity index (χ1n) is 0.552. The summed E-state index contributed by atoms with van der Waals surface area (Å²) in [5.41, 5.74) is 0. The van der Waals surface area contributed by atoms with Crippen LogP contribution in [0.4, 0.5) is 0 Å². The molecule has 0 bridgehead atoms. The van der Waals surface area contributed by atoms with Gasteiger partial charge in [0.25, 0.3) is 0 Å². The lowest BCUT2D eigenvalue weighted by Gasteiger charge is -1.52.